The molecule has 0 aliphatic rings. The molecule has 0 N–H and O–H groups in total. The lowest BCUT2D eigenvalue weighted by Crippen LogP contribution is -2.10. The Labute approximate surface area is 119 Å². The molecule has 0 aliphatic carbocycles. The largest absolute Gasteiger partial charge is 0.497 e. The van der Waals surface area contributed by atoms with Crippen LogP contribution in [0.25, 0.3) is 11.0 Å². The van der Waals surface area contributed by atoms with E-state index in [4.69, 9.17) is 16.3 Å². The third kappa shape index (κ3) is 3.36. The Morgan fingerprint density at radius 3 is 2.70 bits per heavy atom. The summed E-state index contributed by atoms with van der Waals surface area (Å²) in [6, 6.07) is 5.28. The van der Waals surface area contributed by atoms with E-state index in [0.717, 1.165) is 5.52 Å². The number of hydrogen-bond acceptors (Lipinski definition) is 2. The van der Waals surface area contributed by atoms with E-state index >= 15 is 0 Å². The van der Waals surface area contributed by atoms with E-state index < -0.39 is 12.6 Å². The molecule has 0 saturated heterocycles. The zero-order valence-electron chi connectivity index (χ0n) is 10.9. The van der Waals surface area contributed by atoms with Gasteiger partial charge in [0.05, 0.1) is 24.0 Å². The minimum Gasteiger partial charge on any atom is -0.497 e. The van der Waals surface area contributed by atoms with Crippen molar-refractivity contribution in [3.63, 3.8) is 0 Å². The lowest BCUT2D eigenvalue weighted by Gasteiger charge is -2.09. The first-order valence-electron chi connectivity index (χ1n) is 6.10. The lowest BCUT2D eigenvalue weighted by atomic mass is 10.2. The van der Waals surface area contributed by atoms with E-state index in [2.05, 4.69) is 4.98 Å². The van der Waals surface area contributed by atoms with Gasteiger partial charge in [-0.3, -0.25) is 0 Å². The number of ether oxygens (including phenoxy) is 1. The van der Waals surface area contributed by atoms with Gasteiger partial charge < -0.3 is 9.30 Å². The summed E-state index contributed by atoms with van der Waals surface area (Å²) >= 11 is 5.81. The van der Waals surface area contributed by atoms with Crippen LogP contribution in [0.4, 0.5) is 13.2 Å². The van der Waals surface area contributed by atoms with Crippen LogP contribution < -0.4 is 4.74 Å². The van der Waals surface area contributed by atoms with Gasteiger partial charge in [-0.2, -0.15) is 13.2 Å². The van der Waals surface area contributed by atoms with Crippen molar-refractivity contribution < 1.29 is 17.9 Å². The first-order chi connectivity index (χ1) is 9.44. The fourth-order valence-electron chi connectivity index (χ4n) is 2.08. The predicted octanol–water partition coefficient (Wildman–Crippen LogP) is 4.13. The summed E-state index contributed by atoms with van der Waals surface area (Å²) < 4.78 is 43.5. The van der Waals surface area contributed by atoms with Crippen molar-refractivity contribution in [3.05, 3.63) is 24.0 Å². The Morgan fingerprint density at radius 1 is 1.35 bits per heavy atom. The monoisotopic (exact) mass is 306 g/mol. The number of aromatic nitrogens is 2. The predicted molar refractivity (Wildman–Crippen MR) is 71.1 cm³/mol. The minimum atomic E-state index is -4.14. The number of methoxy groups -OCH3 is 1. The maximum atomic E-state index is 12.2. The molecule has 20 heavy (non-hydrogen) atoms. The van der Waals surface area contributed by atoms with Crippen LogP contribution in [0, 0.1) is 0 Å². The molecule has 0 amide bonds. The highest BCUT2D eigenvalue weighted by molar-refractivity contribution is 6.16. The Bertz CT molecular complexity index is 595. The van der Waals surface area contributed by atoms with Gasteiger partial charge in [-0.15, -0.1) is 11.6 Å². The van der Waals surface area contributed by atoms with E-state index in [9.17, 15) is 13.2 Å². The molecule has 0 bridgehead atoms. The van der Waals surface area contributed by atoms with E-state index in [0.29, 0.717) is 17.1 Å². The summed E-state index contributed by atoms with van der Waals surface area (Å²) in [5.41, 5.74) is 1.44. The van der Waals surface area contributed by atoms with E-state index in [-0.39, 0.29) is 18.8 Å². The second kappa shape index (κ2) is 5.91. The summed E-state index contributed by atoms with van der Waals surface area (Å²) in [7, 11) is 1.55. The number of benzene rings is 1. The molecule has 1 heterocycles. The number of alkyl halides is 4. The maximum absolute atomic E-state index is 12.2. The Hall–Kier alpha value is -1.43. The first-order valence-corrected chi connectivity index (χ1v) is 6.64. The summed E-state index contributed by atoms with van der Waals surface area (Å²) in [4.78, 5) is 4.32. The topological polar surface area (TPSA) is 27.1 Å². The average molecular weight is 307 g/mol. The number of hydrogen-bond donors (Lipinski definition) is 0. The van der Waals surface area contributed by atoms with Gasteiger partial charge in [0.1, 0.15) is 11.6 Å². The molecular weight excluding hydrogens is 293 g/mol. The van der Waals surface area contributed by atoms with Gasteiger partial charge in [-0.05, 0) is 18.6 Å². The molecular formula is C13H14ClF3N2O. The minimum absolute atomic E-state index is 0.00484. The number of nitrogens with zero attached hydrogens (tertiary/aromatic N) is 2. The molecule has 0 fully saturated rings. The second-order valence-electron chi connectivity index (χ2n) is 4.39. The molecule has 7 heteroatoms. The van der Waals surface area contributed by atoms with Crippen molar-refractivity contribution in [3.8, 4) is 5.75 Å². The summed E-state index contributed by atoms with van der Waals surface area (Å²) in [6.07, 6.45) is -4.95. The highest BCUT2D eigenvalue weighted by Crippen LogP contribution is 2.25. The number of rotatable bonds is 5. The molecule has 0 aliphatic heterocycles. The van der Waals surface area contributed by atoms with Crippen molar-refractivity contribution >= 4 is 22.6 Å². The van der Waals surface area contributed by atoms with Gasteiger partial charge in [0, 0.05) is 19.0 Å². The fraction of sp³-hybridized carbons (Fsp3) is 0.462. The molecule has 1 aromatic carbocycles. The zero-order valence-corrected chi connectivity index (χ0v) is 11.6. The molecule has 0 unspecified atom stereocenters. The molecule has 0 radical (unpaired) electrons. The normalized spacial score (nSPS) is 12.1. The van der Waals surface area contributed by atoms with Crippen molar-refractivity contribution in [2.45, 2.75) is 31.4 Å². The summed E-state index contributed by atoms with van der Waals surface area (Å²) in [6.45, 7) is 0.240. The third-order valence-corrected chi connectivity index (χ3v) is 3.23. The van der Waals surface area contributed by atoms with Crippen LogP contribution in [0.1, 0.15) is 18.7 Å². The lowest BCUT2D eigenvalue weighted by molar-refractivity contribution is -0.135. The van der Waals surface area contributed by atoms with Crippen LogP contribution >= 0.6 is 11.6 Å². The molecule has 3 nitrogen and oxygen atoms in total. The van der Waals surface area contributed by atoms with Crippen LogP contribution in [0.15, 0.2) is 18.2 Å². The van der Waals surface area contributed by atoms with Crippen LogP contribution in [0.3, 0.4) is 0 Å². The smallest absolute Gasteiger partial charge is 0.389 e. The zero-order chi connectivity index (χ0) is 14.8. The van der Waals surface area contributed by atoms with Gasteiger partial charge in [-0.25, -0.2) is 4.98 Å². The first kappa shape index (κ1) is 15.0. The highest BCUT2D eigenvalue weighted by atomic mass is 35.5. The third-order valence-electron chi connectivity index (χ3n) is 3.00. The van der Waals surface area contributed by atoms with Crippen LogP contribution in [0.5, 0.6) is 5.75 Å². The van der Waals surface area contributed by atoms with Crippen LogP contribution in [0.2, 0.25) is 0 Å². The van der Waals surface area contributed by atoms with Crippen molar-refractivity contribution in [2.75, 3.05) is 7.11 Å². The molecule has 1 aromatic heterocycles. The van der Waals surface area contributed by atoms with Gasteiger partial charge in [0.25, 0.3) is 0 Å². The van der Waals surface area contributed by atoms with Gasteiger partial charge in [0.15, 0.2) is 0 Å². The number of fused-ring (bicyclic) bond motifs is 1. The molecule has 110 valence electrons. The van der Waals surface area contributed by atoms with Crippen LogP contribution in [-0.2, 0) is 12.4 Å². The Morgan fingerprint density at radius 2 is 2.10 bits per heavy atom. The van der Waals surface area contributed by atoms with E-state index in [1.54, 1.807) is 29.9 Å². The average Bonchev–Trinajstić information content (AvgIpc) is 2.74. The molecule has 0 atom stereocenters. The van der Waals surface area contributed by atoms with Crippen molar-refractivity contribution in [2.24, 2.45) is 0 Å². The summed E-state index contributed by atoms with van der Waals surface area (Å²) in [5, 5.41) is 0. The quantitative estimate of drug-likeness (QED) is 0.777. The fourth-order valence-corrected chi connectivity index (χ4v) is 2.28. The SMILES string of the molecule is COc1ccc2c(c1)nc(CCl)n2CCCC(F)(F)F. The number of aryl methyl sites for hydroxylation is 1. The highest BCUT2D eigenvalue weighted by Gasteiger charge is 2.26. The van der Waals surface area contributed by atoms with E-state index in [1.807, 2.05) is 0 Å². The second-order valence-corrected chi connectivity index (χ2v) is 4.65. The number of imidazole rings is 1. The Kier molecular flexibility index (Phi) is 4.42. The van der Waals surface area contributed by atoms with Gasteiger partial charge in [0.2, 0.25) is 0 Å². The summed E-state index contributed by atoms with van der Waals surface area (Å²) in [5.74, 6) is 1.37. The molecule has 0 spiro atoms. The molecule has 2 rings (SSSR count). The molecule has 2 aromatic rings. The van der Waals surface area contributed by atoms with Crippen molar-refractivity contribution in [1.82, 2.24) is 9.55 Å². The number of halogens is 4. The van der Waals surface area contributed by atoms with E-state index in [1.165, 1.54) is 0 Å². The standard InChI is InChI=1S/C13H14ClF3N2O/c1-20-9-3-4-11-10(7-9)18-12(8-14)19(11)6-2-5-13(15,16)17/h3-4,7H,2,5-6,8H2,1H3. The molecule has 0 saturated carbocycles. The van der Waals surface area contributed by atoms with Crippen molar-refractivity contribution in [1.29, 1.82) is 0 Å². The van der Waals surface area contributed by atoms with Crippen LogP contribution in [-0.4, -0.2) is 22.8 Å². The Balaban J connectivity index is 2.26. The maximum Gasteiger partial charge on any atom is 0.389 e. The van der Waals surface area contributed by atoms with Gasteiger partial charge >= 0.3 is 6.18 Å². The van der Waals surface area contributed by atoms with Gasteiger partial charge in [-0.1, -0.05) is 0 Å².